The molecule has 0 spiro atoms. The van der Waals surface area contributed by atoms with Gasteiger partial charge in [-0.25, -0.2) is 0 Å². The fourth-order valence-electron chi connectivity index (χ4n) is 1.48. The van der Waals surface area contributed by atoms with Crippen LogP contribution in [0.5, 0.6) is 0 Å². The second-order valence-corrected chi connectivity index (χ2v) is 4.63. The first-order chi connectivity index (χ1) is 7.66. The second kappa shape index (κ2) is 4.80. The third-order valence-corrected chi connectivity index (χ3v) is 2.73. The molecular formula is C11H12ClN3S. The first kappa shape index (κ1) is 11.4. The molecule has 84 valence electrons. The van der Waals surface area contributed by atoms with Gasteiger partial charge in [0, 0.05) is 10.9 Å². The van der Waals surface area contributed by atoms with Crippen molar-refractivity contribution >= 4 is 34.6 Å². The van der Waals surface area contributed by atoms with E-state index in [9.17, 15) is 0 Å². The molecule has 1 saturated carbocycles. The van der Waals surface area contributed by atoms with Gasteiger partial charge in [-0.05, 0) is 42.8 Å². The average Bonchev–Trinajstić information content (AvgIpc) is 3.04. The van der Waals surface area contributed by atoms with E-state index in [4.69, 9.17) is 29.6 Å². The van der Waals surface area contributed by atoms with E-state index in [1.807, 2.05) is 24.3 Å². The summed E-state index contributed by atoms with van der Waals surface area (Å²) < 4.78 is 0. The van der Waals surface area contributed by atoms with E-state index in [2.05, 4.69) is 10.5 Å². The van der Waals surface area contributed by atoms with Crippen molar-refractivity contribution in [2.45, 2.75) is 12.8 Å². The minimum atomic E-state index is 0.187. The van der Waals surface area contributed by atoms with Crippen molar-refractivity contribution in [3.63, 3.8) is 0 Å². The van der Waals surface area contributed by atoms with Crippen LogP contribution in [0.2, 0.25) is 5.02 Å². The molecule has 3 nitrogen and oxygen atoms in total. The summed E-state index contributed by atoms with van der Waals surface area (Å²) >= 11 is 10.6. The molecule has 1 aromatic rings. The highest BCUT2D eigenvalue weighted by molar-refractivity contribution is 7.80. The molecule has 0 heterocycles. The number of hydrogen-bond acceptors (Lipinski definition) is 2. The first-order valence-corrected chi connectivity index (χ1v) is 5.84. The Bertz CT molecular complexity index is 423. The van der Waals surface area contributed by atoms with E-state index in [0.717, 1.165) is 16.3 Å². The van der Waals surface area contributed by atoms with Crippen LogP contribution in [0.3, 0.4) is 0 Å². The molecule has 1 fully saturated rings. The number of hydrogen-bond donors (Lipinski definition) is 2. The number of thiocarbonyl (C=S) groups is 1. The van der Waals surface area contributed by atoms with Gasteiger partial charge in [-0.3, -0.25) is 5.43 Å². The van der Waals surface area contributed by atoms with Gasteiger partial charge in [0.05, 0.1) is 5.71 Å². The van der Waals surface area contributed by atoms with Crippen molar-refractivity contribution < 1.29 is 0 Å². The summed E-state index contributed by atoms with van der Waals surface area (Å²) in [5.41, 5.74) is 10.1. The van der Waals surface area contributed by atoms with E-state index < -0.39 is 0 Å². The summed E-state index contributed by atoms with van der Waals surface area (Å²) in [6, 6.07) is 7.63. The third kappa shape index (κ3) is 2.93. The molecule has 1 aromatic carbocycles. The molecule has 0 bridgehead atoms. The van der Waals surface area contributed by atoms with Crippen LogP contribution in [-0.2, 0) is 0 Å². The monoisotopic (exact) mass is 253 g/mol. The highest BCUT2D eigenvalue weighted by Crippen LogP contribution is 2.33. The number of nitrogens with one attached hydrogen (secondary N) is 1. The predicted octanol–water partition coefficient (Wildman–Crippen LogP) is 2.29. The van der Waals surface area contributed by atoms with E-state index in [-0.39, 0.29) is 5.11 Å². The zero-order valence-corrected chi connectivity index (χ0v) is 10.2. The van der Waals surface area contributed by atoms with Crippen molar-refractivity contribution in [2.75, 3.05) is 0 Å². The Kier molecular flexibility index (Phi) is 3.41. The number of hydrazone groups is 1. The van der Waals surface area contributed by atoms with Crippen molar-refractivity contribution in [2.24, 2.45) is 16.8 Å². The largest absolute Gasteiger partial charge is 0.375 e. The van der Waals surface area contributed by atoms with Crippen molar-refractivity contribution in [1.29, 1.82) is 0 Å². The van der Waals surface area contributed by atoms with Gasteiger partial charge >= 0.3 is 0 Å². The smallest absolute Gasteiger partial charge is 0.184 e. The Morgan fingerprint density at radius 1 is 1.38 bits per heavy atom. The van der Waals surface area contributed by atoms with Gasteiger partial charge in [0.25, 0.3) is 0 Å². The van der Waals surface area contributed by atoms with Gasteiger partial charge in [-0.1, -0.05) is 23.7 Å². The molecule has 0 unspecified atom stereocenters. The Hall–Kier alpha value is -1.13. The molecule has 3 N–H and O–H groups in total. The zero-order chi connectivity index (χ0) is 11.5. The van der Waals surface area contributed by atoms with E-state index in [0.29, 0.717) is 5.92 Å². The molecule has 0 radical (unpaired) electrons. The van der Waals surface area contributed by atoms with E-state index in [1.165, 1.54) is 12.8 Å². The van der Waals surface area contributed by atoms with Crippen LogP contribution >= 0.6 is 23.8 Å². The summed E-state index contributed by atoms with van der Waals surface area (Å²) in [4.78, 5) is 0. The molecule has 5 heteroatoms. The molecule has 2 rings (SSSR count). The van der Waals surface area contributed by atoms with Gasteiger partial charge < -0.3 is 5.73 Å². The highest BCUT2D eigenvalue weighted by atomic mass is 35.5. The van der Waals surface area contributed by atoms with Gasteiger partial charge in [0.2, 0.25) is 0 Å². The lowest BCUT2D eigenvalue weighted by molar-refractivity contribution is 0.998. The zero-order valence-electron chi connectivity index (χ0n) is 8.61. The maximum absolute atomic E-state index is 5.84. The minimum Gasteiger partial charge on any atom is -0.375 e. The summed E-state index contributed by atoms with van der Waals surface area (Å²) in [5.74, 6) is 0.517. The minimum absolute atomic E-state index is 0.187. The van der Waals surface area contributed by atoms with Crippen molar-refractivity contribution in [3.05, 3.63) is 34.9 Å². The van der Waals surface area contributed by atoms with Crippen LogP contribution in [0.1, 0.15) is 18.4 Å². The molecule has 0 atom stereocenters. The summed E-state index contributed by atoms with van der Waals surface area (Å²) in [7, 11) is 0. The second-order valence-electron chi connectivity index (χ2n) is 3.75. The highest BCUT2D eigenvalue weighted by Gasteiger charge is 2.28. The van der Waals surface area contributed by atoms with Gasteiger partial charge in [-0.2, -0.15) is 5.10 Å². The molecule has 1 aliphatic carbocycles. The normalized spacial score (nSPS) is 15.9. The van der Waals surface area contributed by atoms with Gasteiger partial charge in [0.15, 0.2) is 5.11 Å². The first-order valence-electron chi connectivity index (χ1n) is 5.06. The van der Waals surface area contributed by atoms with Crippen LogP contribution in [0.15, 0.2) is 29.4 Å². The number of halogens is 1. The maximum Gasteiger partial charge on any atom is 0.184 e. The number of rotatable bonds is 3. The molecular weight excluding hydrogens is 242 g/mol. The Morgan fingerprint density at radius 2 is 2.00 bits per heavy atom. The van der Waals surface area contributed by atoms with E-state index in [1.54, 1.807) is 0 Å². The lowest BCUT2D eigenvalue weighted by atomic mass is 10.1. The molecule has 16 heavy (non-hydrogen) atoms. The van der Waals surface area contributed by atoms with Gasteiger partial charge in [0.1, 0.15) is 0 Å². The predicted molar refractivity (Wildman–Crippen MR) is 70.6 cm³/mol. The molecule has 0 aliphatic heterocycles. The molecule has 0 aromatic heterocycles. The summed E-state index contributed by atoms with van der Waals surface area (Å²) in [5, 5.41) is 5.15. The van der Waals surface area contributed by atoms with Crippen LogP contribution in [-0.4, -0.2) is 10.8 Å². The quantitative estimate of drug-likeness (QED) is 0.494. The molecule has 0 saturated heterocycles. The van der Waals surface area contributed by atoms with Crippen LogP contribution < -0.4 is 11.2 Å². The number of nitrogens with zero attached hydrogens (tertiary/aromatic N) is 1. The lowest BCUT2D eigenvalue weighted by Crippen LogP contribution is -2.26. The van der Waals surface area contributed by atoms with E-state index >= 15 is 0 Å². The topological polar surface area (TPSA) is 50.4 Å². The Labute approximate surface area is 105 Å². The van der Waals surface area contributed by atoms with Crippen LogP contribution in [0.25, 0.3) is 0 Å². The van der Waals surface area contributed by atoms with Crippen molar-refractivity contribution in [1.82, 2.24) is 5.43 Å². The maximum atomic E-state index is 5.84. The van der Waals surface area contributed by atoms with Crippen LogP contribution in [0, 0.1) is 5.92 Å². The van der Waals surface area contributed by atoms with Gasteiger partial charge in [-0.15, -0.1) is 0 Å². The SMILES string of the molecule is NC(=S)N/N=C(\c1ccc(Cl)cc1)C1CC1. The third-order valence-electron chi connectivity index (χ3n) is 2.39. The Morgan fingerprint density at radius 3 is 2.50 bits per heavy atom. The standard InChI is InChI=1S/C11H12ClN3S/c12-9-5-3-8(4-6-9)10(7-1-2-7)14-15-11(13)16/h3-7H,1-2H2,(H3,13,15,16)/b14-10-. The number of benzene rings is 1. The average molecular weight is 254 g/mol. The molecule has 1 aliphatic rings. The fraction of sp³-hybridized carbons (Fsp3) is 0.273. The Balaban J connectivity index is 2.22. The lowest BCUT2D eigenvalue weighted by Gasteiger charge is -2.05. The van der Waals surface area contributed by atoms with Crippen molar-refractivity contribution in [3.8, 4) is 0 Å². The summed E-state index contributed by atoms with van der Waals surface area (Å²) in [6.45, 7) is 0. The molecule has 0 amide bonds. The summed E-state index contributed by atoms with van der Waals surface area (Å²) in [6.07, 6.45) is 2.33. The fourth-order valence-corrected chi connectivity index (χ4v) is 1.66. The van der Waals surface area contributed by atoms with Crippen LogP contribution in [0.4, 0.5) is 0 Å². The number of nitrogens with two attached hydrogens (primary N) is 1.